The number of hydrogen-bond acceptors (Lipinski definition) is 4. The van der Waals surface area contributed by atoms with E-state index in [0.29, 0.717) is 25.4 Å². The first-order valence-corrected chi connectivity index (χ1v) is 13.1. The van der Waals surface area contributed by atoms with Gasteiger partial charge in [-0.1, -0.05) is 90.5 Å². The second kappa shape index (κ2) is 12.1. The highest BCUT2D eigenvalue weighted by atomic mass is 16.5. The maximum absolute atomic E-state index is 11.2. The Morgan fingerprint density at radius 3 is 2.33 bits per heavy atom. The van der Waals surface area contributed by atoms with Crippen molar-refractivity contribution in [1.82, 2.24) is 0 Å². The first kappa shape index (κ1) is 26.4. The highest BCUT2D eigenvalue weighted by molar-refractivity contribution is 5.79. The summed E-state index contributed by atoms with van der Waals surface area (Å²) in [7, 11) is 1.40. The summed E-state index contributed by atoms with van der Waals surface area (Å²) in [6.07, 6.45) is 3.56. The van der Waals surface area contributed by atoms with E-state index in [9.17, 15) is 9.90 Å². The fourth-order valence-corrected chi connectivity index (χ4v) is 4.90. The number of rotatable bonds is 10. The van der Waals surface area contributed by atoms with Crippen LogP contribution in [0.2, 0.25) is 0 Å². The van der Waals surface area contributed by atoms with Crippen LogP contribution in [0.5, 0.6) is 5.75 Å². The minimum atomic E-state index is -0.974. The second-order valence-corrected chi connectivity index (χ2v) is 9.69. The minimum Gasteiger partial charge on any atom is -0.491 e. The van der Waals surface area contributed by atoms with Gasteiger partial charge in [-0.15, -0.1) is 0 Å². The molecule has 0 spiro atoms. The first-order chi connectivity index (χ1) is 19.0. The third-order valence-corrected chi connectivity index (χ3v) is 6.98. The third kappa shape index (κ3) is 6.28. The molecule has 0 aliphatic heterocycles. The molecule has 4 aromatic carbocycles. The fraction of sp³-hybridized carbons (Fsp3) is 0.206. The van der Waals surface area contributed by atoms with Gasteiger partial charge in [-0.3, -0.25) is 0 Å². The van der Waals surface area contributed by atoms with Crippen LogP contribution in [-0.4, -0.2) is 37.5 Å². The van der Waals surface area contributed by atoms with Crippen LogP contribution < -0.4 is 4.74 Å². The van der Waals surface area contributed by atoms with Crippen LogP contribution in [0, 0.1) is 6.92 Å². The largest absolute Gasteiger partial charge is 0.491 e. The number of methoxy groups -OCH3 is 1. The van der Waals surface area contributed by atoms with Crippen LogP contribution in [0.3, 0.4) is 0 Å². The summed E-state index contributed by atoms with van der Waals surface area (Å²) in [4.78, 5) is 11.2. The zero-order valence-electron chi connectivity index (χ0n) is 22.2. The molecule has 198 valence electrons. The average Bonchev–Trinajstić information content (AvgIpc) is 3.11. The lowest BCUT2D eigenvalue weighted by Crippen LogP contribution is -2.24. The molecule has 1 aliphatic rings. The van der Waals surface area contributed by atoms with Crippen LogP contribution in [0.4, 0.5) is 0 Å². The summed E-state index contributed by atoms with van der Waals surface area (Å²) in [5, 5.41) is 9.19. The number of carboxylic acid groups (broad SMARTS) is 1. The molecular formula is C34H32O5. The molecule has 39 heavy (non-hydrogen) atoms. The standard InChI is InChI=1S/C34H32O5/c1-23-8-11-26-12-13-28-22-27(25-6-4-3-5-7-25)14-17-30(28)33(31(26)20-23)39-19-18-38-29-15-9-24(10-16-29)21-32(37-2)34(35)36/h3-17,20,22,32-33H,18-19,21H2,1-2H3,(H,35,36). The predicted molar refractivity (Wildman–Crippen MR) is 154 cm³/mol. The molecule has 5 heteroatoms. The molecule has 0 heterocycles. The molecule has 0 aromatic heterocycles. The second-order valence-electron chi connectivity index (χ2n) is 9.69. The summed E-state index contributed by atoms with van der Waals surface area (Å²) >= 11 is 0. The lowest BCUT2D eigenvalue weighted by molar-refractivity contribution is -0.148. The van der Waals surface area contributed by atoms with E-state index in [1.807, 2.05) is 30.3 Å². The molecule has 1 aliphatic carbocycles. The van der Waals surface area contributed by atoms with Gasteiger partial charge in [0.1, 0.15) is 18.5 Å². The molecule has 2 atom stereocenters. The van der Waals surface area contributed by atoms with Crippen LogP contribution in [-0.2, 0) is 20.7 Å². The fourth-order valence-electron chi connectivity index (χ4n) is 4.90. The van der Waals surface area contributed by atoms with Gasteiger partial charge in [0, 0.05) is 13.5 Å². The van der Waals surface area contributed by atoms with Gasteiger partial charge in [0.25, 0.3) is 0 Å². The Bertz CT molecular complexity index is 1460. The smallest absolute Gasteiger partial charge is 0.333 e. The van der Waals surface area contributed by atoms with Crippen LogP contribution in [0.25, 0.3) is 23.3 Å². The van der Waals surface area contributed by atoms with Gasteiger partial charge in [0.15, 0.2) is 6.10 Å². The van der Waals surface area contributed by atoms with Crippen LogP contribution in [0.15, 0.2) is 91.0 Å². The number of aliphatic carboxylic acids is 1. The van der Waals surface area contributed by atoms with E-state index in [-0.39, 0.29) is 6.10 Å². The van der Waals surface area contributed by atoms with Gasteiger partial charge in [-0.05, 0) is 64.1 Å². The lowest BCUT2D eigenvalue weighted by atomic mass is 9.93. The Labute approximate surface area is 229 Å². The number of hydrogen-bond donors (Lipinski definition) is 1. The third-order valence-electron chi connectivity index (χ3n) is 6.98. The highest BCUT2D eigenvalue weighted by Gasteiger charge is 2.23. The van der Waals surface area contributed by atoms with E-state index < -0.39 is 12.1 Å². The van der Waals surface area contributed by atoms with Crippen molar-refractivity contribution in [3.63, 3.8) is 0 Å². The quantitative estimate of drug-likeness (QED) is 0.229. The van der Waals surface area contributed by atoms with E-state index in [1.54, 1.807) is 0 Å². The van der Waals surface area contributed by atoms with Crippen molar-refractivity contribution in [2.75, 3.05) is 20.3 Å². The molecular weight excluding hydrogens is 488 g/mol. The zero-order valence-corrected chi connectivity index (χ0v) is 22.2. The number of carbonyl (C=O) groups is 1. The predicted octanol–water partition coefficient (Wildman–Crippen LogP) is 6.97. The summed E-state index contributed by atoms with van der Waals surface area (Å²) in [6.45, 7) is 2.89. The van der Waals surface area contributed by atoms with Gasteiger partial charge in [-0.2, -0.15) is 0 Å². The molecule has 0 amide bonds. The van der Waals surface area contributed by atoms with E-state index >= 15 is 0 Å². The van der Waals surface area contributed by atoms with Crippen molar-refractivity contribution < 1.29 is 24.1 Å². The van der Waals surface area contributed by atoms with Crippen molar-refractivity contribution in [2.45, 2.75) is 25.6 Å². The van der Waals surface area contributed by atoms with Gasteiger partial charge in [0.2, 0.25) is 0 Å². The summed E-state index contributed by atoms with van der Waals surface area (Å²) in [6, 6.07) is 30.9. The summed E-state index contributed by atoms with van der Waals surface area (Å²) in [5.41, 5.74) is 8.99. The van der Waals surface area contributed by atoms with E-state index in [0.717, 1.165) is 27.8 Å². The van der Waals surface area contributed by atoms with Gasteiger partial charge >= 0.3 is 5.97 Å². The van der Waals surface area contributed by atoms with Gasteiger partial charge in [-0.25, -0.2) is 4.79 Å². The molecule has 0 saturated carbocycles. The maximum Gasteiger partial charge on any atom is 0.333 e. The molecule has 1 N–H and O–H groups in total. The Morgan fingerprint density at radius 1 is 0.821 bits per heavy atom. The average molecular weight is 521 g/mol. The topological polar surface area (TPSA) is 65.0 Å². The summed E-state index contributed by atoms with van der Waals surface area (Å²) in [5.74, 6) is -0.267. The van der Waals surface area contributed by atoms with Crippen LogP contribution >= 0.6 is 0 Å². The number of aryl methyl sites for hydroxylation is 1. The molecule has 0 radical (unpaired) electrons. The molecule has 2 unspecified atom stereocenters. The Kier molecular flexibility index (Phi) is 8.21. The monoisotopic (exact) mass is 520 g/mol. The number of ether oxygens (including phenoxy) is 3. The Morgan fingerprint density at radius 2 is 1.59 bits per heavy atom. The minimum absolute atomic E-state index is 0.220. The lowest BCUT2D eigenvalue weighted by Gasteiger charge is -2.22. The van der Waals surface area contributed by atoms with Crippen molar-refractivity contribution in [1.29, 1.82) is 0 Å². The molecule has 5 rings (SSSR count). The van der Waals surface area contributed by atoms with E-state index in [1.165, 1.54) is 23.8 Å². The molecule has 0 bridgehead atoms. The Hall–Kier alpha value is -4.19. The maximum atomic E-state index is 11.2. The number of benzene rings is 4. The molecule has 0 fully saturated rings. The zero-order chi connectivity index (χ0) is 27.2. The van der Waals surface area contributed by atoms with Crippen molar-refractivity contribution >= 4 is 18.1 Å². The van der Waals surface area contributed by atoms with Crippen molar-refractivity contribution in [2.24, 2.45) is 0 Å². The van der Waals surface area contributed by atoms with Gasteiger partial charge < -0.3 is 19.3 Å². The normalized spacial score (nSPS) is 14.7. The van der Waals surface area contributed by atoms with Crippen molar-refractivity contribution in [3.05, 3.63) is 124 Å². The first-order valence-electron chi connectivity index (χ1n) is 13.1. The van der Waals surface area contributed by atoms with Gasteiger partial charge in [0.05, 0.1) is 6.61 Å². The summed E-state index contributed by atoms with van der Waals surface area (Å²) < 4.78 is 17.5. The Balaban J connectivity index is 1.30. The van der Waals surface area contributed by atoms with Crippen molar-refractivity contribution in [3.8, 4) is 16.9 Å². The van der Waals surface area contributed by atoms with E-state index in [2.05, 4.69) is 79.7 Å². The van der Waals surface area contributed by atoms with E-state index in [4.69, 9.17) is 14.2 Å². The number of fused-ring (bicyclic) bond motifs is 2. The highest BCUT2D eigenvalue weighted by Crippen LogP contribution is 2.37. The molecule has 0 saturated heterocycles. The SMILES string of the molecule is COC(Cc1ccc(OCCOC2c3ccc(-c4ccccc4)cc3C=Cc3ccc(C)cc32)cc1)C(=O)O. The number of carboxylic acids is 1. The molecule has 5 nitrogen and oxygen atoms in total. The van der Waals surface area contributed by atoms with Crippen LogP contribution in [0.1, 0.15) is 39.5 Å². The molecule has 4 aromatic rings.